The molecule has 0 spiro atoms. The van der Waals surface area contributed by atoms with Crippen LogP contribution in [-0.4, -0.2) is 111 Å². The van der Waals surface area contributed by atoms with Crippen LogP contribution in [-0.2, 0) is 22.4 Å². The average Bonchev–Trinajstić information content (AvgIpc) is 3.49. The lowest BCUT2D eigenvalue weighted by molar-refractivity contribution is -0.123. The molecule has 7 N–H and O–H groups in total. The van der Waals surface area contributed by atoms with Gasteiger partial charge in [-0.15, -0.1) is 0 Å². The minimum Gasteiger partial charge on any atom is -0.484 e. The topological polar surface area (TPSA) is 190 Å². The summed E-state index contributed by atoms with van der Waals surface area (Å²) in [5.74, 6) is 1.95. The summed E-state index contributed by atoms with van der Waals surface area (Å²) in [6.07, 6.45) is 15.6. The first-order valence-corrected chi connectivity index (χ1v) is 22.9. The fraction of sp³-hybridized carbons (Fsp3) is 0.596. The number of hydrogen-bond donors (Lipinski definition) is 5. The molecule has 0 radical (unpaired) electrons. The van der Waals surface area contributed by atoms with Crippen LogP contribution in [0.15, 0.2) is 48.5 Å². The zero-order chi connectivity index (χ0) is 44.7. The Hall–Kier alpha value is -4.66. The highest BCUT2D eigenvalue weighted by atomic mass is 35.5. The van der Waals surface area contributed by atoms with Crippen molar-refractivity contribution in [3.63, 3.8) is 0 Å². The van der Waals surface area contributed by atoms with Crippen molar-refractivity contribution in [2.45, 2.75) is 102 Å². The maximum atomic E-state index is 13.1. The van der Waals surface area contributed by atoms with E-state index in [9.17, 15) is 14.4 Å². The number of nitrogens with one attached hydrogen (secondary N) is 3. The van der Waals surface area contributed by atoms with Crippen molar-refractivity contribution >= 4 is 41.0 Å². The molecule has 3 aromatic rings. The highest BCUT2D eigenvalue weighted by Gasteiger charge is 2.27. The summed E-state index contributed by atoms with van der Waals surface area (Å²) in [6, 6.07) is 16.2. The number of nitrogen functional groups attached to an aromatic ring is 2. The molecule has 14 nitrogen and oxygen atoms in total. The molecule has 4 rings (SSSR count). The monoisotopic (exact) mass is 878 g/mol. The van der Waals surface area contributed by atoms with Gasteiger partial charge >= 0.3 is 0 Å². The number of amides is 3. The van der Waals surface area contributed by atoms with Crippen LogP contribution in [0.25, 0.3) is 0 Å². The van der Waals surface area contributed by atoms with Crippen LogP contribution in [0.5, 0.6) is 11.5 Å². The second kappa shape index (κ2) is 27.4. The second-order valence-corrected chi connectivity index (χ2v) is 17.6. The van der Waals surface area contributed by atoms with Crippen molar-refractivity contribution in [1.29, 1.82) is 0 Å². The third-order valence-electron chi connectivity index (χ3n) is 11.5. The van der Waals surface area contributed by atoms with Gasteiger partial charge in [-0.05, 0) is 153 Å². The minimum atomic E-state index is -0.372. The van der Waals surface area contributed by atoms with Gasteiger partial charge in [-0.25, -0.2) is 9.97 Å². The Morgan fingerprint density at radius 3 is 1.81 bits per heavy atom. The van der Waals surface area contributed by atoms with Crippen LogP contribution in [0, 0.1) is 11.8 Å². The van der Waals surface area contributed by atoms with Crippen molar-refractivity contribution in [3.05, 3.63) is 70.5 Å². The summed E-state index contributed by atoms with van der Waals surface area (Å²) in [4.78, 5) is 49.8. The van der Waals surface area contributed by atoms with Crippen LogP contribution in [0.1, 0.15) is 105 Å². The van der Waals surface area contributed by atoms with E-state index in [1.807, 2.05) is 52.5 Å². The normalized spacial score (nSPS) is 15.8. The van der Waals surface area contributed by atoms with Crippen molar-refractivity contribution in [2.75, 3.05) is 79.1 Å². The Morgan fingerprint density at radius 2 is 1.24 bits per heavy atom. The Labute approximate surface area is 374 Å². The molecule has 15 heteroatoms. The Morgan fingerprint density at radius 1 is 0.694 bits per heavy atom. The van der Waals surface area contributed by atoms with Crippen LogP contribution < -0.4 is 36.9 Å². The summed E-state index contributed by atoms with van der Waals surface area (Å²) in [5, 5.41) is 8.93. The maximum Gasteiger partial charge on any atom is 0.274 e. The molecule has 2 aromatic carbocycles. The number of rotatable bonds is 27. The van der Waals surface area contributed by atoms with Gasteiger partial charge in [0.05, 0.1) is 0 Å². The lowest BCUT2D eigenvalue weighted by Crippen LogP contribution is -2.35. The molecule has 0 bridgehead atoms. The van der Waals surface area contributed by atoms with E-state index in [0.29, 0.717) is 36.4 Å². The number of aromatic nitrogens is 2. The van der Waals surface area contributed by atoms with Crippen molar-refractivity contribution in [2.24, 2.45) is 11.8 Å². The quantitative estimate of drug-likeness (QED) is 0.0427. The molecule has 1 heterocycles. The standard InChI is InChI=1S/C47H72ClN9O5/c1-56(2)30-10-28-51-41(58)32-61-39-24-18-34(19-25-39)12-6-5-7-14-36(15-8-13-35-20-26-40(27-21-35)62-33-42(59)52-29-11-31-57(3)4)37-16-9-17-38(23-22-37)53-47(60)43-45(49)55-46(50)44(48)54-43/h18-21,24-27,36-38H,5-17,22-23,28-33H2,1-4H3,(H,51,58)(H,52,59)(H,53,60)(H4,49,50,55). The van der Waals surface area contributed by atoms with Gasteiger partial charge in [-0.1, -0.05) is 68.0 Å². The van der Waals surface area contributed by atoms with E-state index < -0.39 is 0 Å². The first-order valence-electron chi connectivity index (χ1n) is 22.5. The molecule has 1 aromatic heterocycles. The van der Waals surface area contributed by atoms with Crippen molar-refractivity contribution in [3.8, 4) is 11.5 Å². The van der Waals surface area contributed by atoms with E-state index >= 15 is 0 Å². The zero-order valence-electron chi connectivity index (χ0n) is 37.6. The summed E-state index contributed by atoms with van der Waals surface area (Å²) in [7, 11) is 8.08. The number of aryl methyl sites for hydroxylation is 2. The third kappa shape index (κ3) is 19.2. The molecular formula is C47H72ClN9O5. The number of halogens is 1. The third-order valence-corrected chi connectivity index (χ3v) is 11.8. The Bertz CT molecular complexity index is 1800. The number of nitrogens with zero attached hydrogens (tertiary/aromatic N) is 4. The van der Waals surface area contributed by atoms with E-state index in [-0.39, 0.29) is 59.5 Å². The highest BCUT2D eigenvalue weighted by Crippen LogP contribution is 2.35. The van der Waals surface area contributed by atoms with Crippen molar-refractivity contribution < 1.29 is 23.9 Å². The zero-order valence-corrected chi connectivity index (χ0v) is 38.3. The van der Waals surface area contributed by atoms with Gasteiger partial charge in [0.1, 0.15) is 11.5 Å². The number of benzene rings is 2. The van der Waals surface area contributed by atoms with E-state index in [4.69, 9.17) is 32.5 Å². The predicted molar refractivity (Wildman–Crippen MR) is 249 cm³/mol. The number of unbranched alkanes of at least 4 members (excludes halogenated alkanes) is 2. The summed E-state index contributed by atoms with van der Waals surface area (Å²) in [5.41, 5.74) is 14.2. The average molecular weight is 879 g/mol. The molecule has 1 aliphatic carbocycles. The number of nitrogens with two attached hydrogens (primary N) is 2. The Kier molecular flexibility index (Phi) is 22.1. The number of hydrogen-bond acceptors (Lipinski definition) is 11. The number of ether oxygens (including phenoxy) is 2. The SMILES string of the molecule is CN(C)CCCNC(=O)COc1ccc(CCCCCC(CCCc2ccc(OCC(=O)NCCCN(C)C)cc2)C2CCCC(NC(=O)c3nc(Cl)c(N)nc3N)CC2)cc1. The van der Waals surface area contributed by atoms with Gasteiger partial charge < -0.3 is 46.7 Å². The molecule has 0 saturated heterocycles. The fourth-order valence-electron chi connectivity index (χ4n) is 8.06. The Balaban J connectivity index is 1.25. The van der Waals surface area contributed by atoms with Gasteiger partial charge in [0, 0.05) is 19.1 Å². The summed E-state index contributed by atoms with van der Waals surface area (Å²) < 4.78 is 11.5. The van der Waals surface area contributed by atoms with Crippen LogP contribution in [0.2, 0.25) is 5.15 Å². The molecule has 1 saturated carbocycles. The van der Waals surface area contributed by atoms with Gasteiger partial charge in [0.15, 0.2) is 35.7 Å². The number of anilines is 2. The van der Waals surface area contributed by atoms with Gasteiger partial charge in [0.2, 0.25) is 0 Å². The number of carbonyl (C=O) groups excluding carboxylic acids is 3. The minimum absolute atomic E-state index is 0.00263. The summed E-state index contributed by atoms with van der Waals surface area (Å²) in [6.45, 7) is 3.16. The largest absolute Gasteiger partial charge is 0.484 e. The second-order valence-electron chi connectivity index (χ2n) is 17.2. The van der Waals surface area contributed by atoms with E-state index in [1.165, 1.54) is 17.5 Å². The van der Waals surface area contributed by atoms with Crippen LogP contribution in [0.3, 0.4) is 0 Å². The summed E-state index contributed by atoms with van der Waals surface area (Å²) >= 11 is 6.06. The lowest BCUT2D eigenvalue weighted by Gasteiger charge is -2.27. The molecular weight excluding hydrogens is 806 g/mol. The van der Waals surface area contributed by atoms with Gasteiger partial charge in [-0.3, -0.25) is 14.4 Å². The highest BCUT2D eigenvalue weighted by molar-refractivity contribution is 6.31. The lowest BCUT2D eigenvalue weighted by atomic mass is 9.79. The van der Waals surface area contributed by atoms with Crippen LogP contribution >= 0.6 is 11.6 Å². The van der Waals surface area contributed by atoms with E-state index in [1.54, 1.807) is 0 Å². The van der Waals surface area contributed by atoms with Gasteiger partial charge in [-0.2, -0.15) is 0 Å². The maximum absolute atomic E-state index is 13.1. The van der Waals surface area contributed by atoms with E-state index in [0.717, 1.165) is 103 Å². The smallest absolute Gasteiger partial charge is 0.274 e. The first kappa shape index (κ1) is 50.0. The van der Waals surface area contributed by atoms with E-state index in [2.05, 4.69) is 60.0 Å². The molecule has 1 fully saturated rings. The first-order chi connectivity index (χ1) is 29.9. The molecule has 3 atom stereocenters. The fourth-order valence-corrected chi connectivity index (χ4v) is 8.18. The predicted octanol–water partition coefficient (Wildman–Crippen LogP) is 6.31. The molecule has 1 aliphatic rings. The molecule has 0 aliphatic heterocycles. The molecule has 62 heavy (non-hydrogen) atoms. The molecule has 3 unspecified atom stereocenters. The number of carbonyl (C=O) groups is 3. The van der Waals surface area contributed by atoms with Crippen LogP contribution in [0.4, 0.5) is 11.6 Å². The molecule has 3 amide bonds. The van der Waals surface area contributed by atoms with Crippen molar-refractivity contribution in [1.82, 2.24) is 35.7 Å². The molecule has 342 valence electrons. The van der Waals surface area contributed by atoms with Gasteiger partial charge in [0.25, 0.3) is 17.7 Å².